The third-order valence-electron chi connectivity index (χ3n) is 1.37. The number of hydrogen-bond donors (Lipinski definition) is 1. The molecule has 2 N–H and O–H groups in total. The maximum Gasteiger partial charge on any atom is 0.250 e. The molecular formula is C8H5FN2O. The van der Waals surface area contributed by atoms with Gasteiger partial charge in [0.15, 0.2) is 0 Å². The zero-order valence-corrected chi connectivity index (χ0v) is 6.04. The quantitative estimate of drug-likeness (QED) is 0.666. The normalized spacial score (nSPS) is 9.00. The van der Waals surface area contributed by atoms with Crippen molar-refractivity contribution in [2.24, 2.45) is 5.73 Å². The minimum absolute atomic E-state index is 0.0394. The van der Waals surface area contributed by atoms with Gasteiger partial charge < -0.3 is 5.73 Å². The van der Waals surface area contributed by atoms with E-state index >= 15 is 0 Å². The molecule has 0 radical (unpaired) electrons. The van der Waals surface area contributed by atoms with Gasteiger partial charge in [-0.2, -0.15) is 5.26 Å². The number of halogens is 1. The van der Waals surface area contributed by atoms with Gasteiger partial charge in [0.25, 0.3) is 0 Å². The largest absolute Gasteiger partial charge is 0.366 e. The first-order valence-electron chi connectivity index (χ1n) is 3.14. The summed E-state index contributed by atoms with van der Waals surface area (Å²) < 4.78 is 12.5. The molecule has 0 bridgehead atoms. The molecule has 0 heterocycles. The molecular weight excluding hydrogens is 159 g/mol. The first-order chi connectivity index (χ1) is 5.65. The van der Waals surface area contributed by atoms with Gasteiger partial charge in [0.1, 0.15) is 11.9 Å². The Kier molecular flexibility index (Phi) is 2.06. The van der Waals surface area contributed by atoms with Crippen molar-refractivity contribution >= 4 is 5.91 Å². The number of rotatable bonds is 1. The van der Waals surface area contributed by atoms with Crippen LogP contribution in [0.5, 0.6) is 0 Å². The average Bonchev–Trinajstić information content (AvgIpc) is 2.03. The van der Waals surface area contributed by atoms with E-state index in [4.69, 9.17) is 11.0 Å². The number of hydrogen-bond acceptors (Lipinski definition) is 2. The van der Waals surface area contributed by atoms with Crippen LogP contribution in [0.2, 0.25) is 0 Å². The maximum absolute atomic E-state index is 12.5. The Labute approximate surface area is 68.2 Å². The van der Waals surface area contributed by atoms with E-state index in [-0.39, 0.29) is 11.1 Å². The van der Waals surface area contributed by atoms with E-state index in [0.29, 0.717) is 0 Å². The number of nitriles is 1. The van der Waals surface area contributed by atoms with Crippen LogP contribution in [0.1, 0.15) is 15.9 Å². The maximum atomic E-state index is 12.5. The van der Waals surface area contributed by atoms with Crippen LogP contribution >= 0.6 is 0 Å². The molecule has 0 saturated carbocycles. The summed E-state index contributed by atoms with van der Waals surface area (Å²) in [4.78, 5) is 10.6. The van der Waals surface area contributed by atoms with E-state index in [1.54, 1.807) is 6.07 Å². The molecule has 12 heavy (non-hydrogen) atoms. The van der Waals surface area contributed by atoms with Gasteiger partial charge >= 0.3 is 0 Å². The van der Waals surface area contributed by atoms with Crippen LogP contribution in [0.25, 0.3) is 0 Å². The number of carbonyl (C=O) groups is 1. The highest BCUT2D eigenvalue weighted by Gasteiger charge is 2.07. The van der Waals surface area contributed by atoms with Crippen LogP contribution in [0, 0.1) is 17.1 Å². The van der Waals surface area contributed by atoms with Gasteiger partial charge in [-0.3, -0.25) is 4.79 Å². The van der Waals surface area contributed by atoms with Gasteiger partial charge in [0, 0.05) is 0 Å². The van der Waals surface area contributed by atoms with Gasteiger partial charge in [0.05, 0.1) is 11.1 Å². The predicted molar refractivity (Wildman–Crippen MR) is 39.6 cm³/mol. The van der Waals surface area contributed by atoms with Crippen LogP contribution < -0.4 is 5.73 Å². The summed E-state index contributed by atoms with van der Waals surface area (Å²) in [6.07, 6.45) is 0. The summed E-state index contributed by atoms with van der Waals surface area (Å²) in [5.41, 5.74) is 4.93. The highest BCUT2D eigenvalue weighted by molar-refractivity contribution is 5.95. The lowest BCUT2D eigenvalue weighted by Crippen LogP contribution is -2.12. The molecule has 1 aromatic carbocycles. The second-order valence-corrected chi connectivity index (χ2v) is 2.17. The van der Waals surface area contributed by atoms with Crippen molar-refractivity contribution in [1.29, 1.82) is 5.26 Å². The highest BCUT2D eigenvalue weighted by atomic mass is 19.1. The van der Waals surface area contributed by atoms with Gasteiger partial charge in [-0.25, -0.2) is 4.39 Å². The summed E-state index contributed by atoms with van der Waals surface area (Å²) >= 11 is 0. The molecule has 1 amide bonds. The fraction of sp³-hybridized carbons (Fsp3) is 0. The van der Waals surface area contributed by atoms with E-state index < -0.39 is 11.7 Å². The molecule has 1 rings (SSSR count). The molecule has 0 aliphatic rings. The van der Waals surface area contributed by atoms with E-state index in [2.05, 4.69) is 0 Å². The second-order valence-electron chi connectivity index (χ2n) is 2.17. The molecule has 0 fully saturated rings. The summed E-state index contributed by atoms with van der Waals surface area (Å²) in [6.45, 7) is 0. The zero-order chi connectivity index (χ0) is 9.14. The molecule has 0 spiro atoms. The molecule has 0 atom stereocenters. The third-order valence-corrected chi connectivity index (χ3v) is 1.37. The van der Waals surface area contributed by atoms with Crippen molar-refractivity contribution in [3.8, 4) is 6.07 Å². The zero-order valence-electron chi connectivity index (χ0n) is 6.04. The molecule has 0 saturated heterocycles. The minimum atomic E-state index is -0.730. The lowest BCUT2D eigenvalue weighted by Gasteiger charge is -1.97. The van der Waals surface area contributed by atoms with E-state index in [1.165, 1.54) is 6.07 Å². The predicted octanol–water partition coefficient (Wildman–Crippen LogP) is 0.796. The number of nitrogens with zero attached hydrogens (tertiary/aromatic N) is 1. The fourth-order valence-corrected chi connectivity index (χ4v) is 0.824. The van der Waals surface area contributed by atoms with Crippen LogP contribution in [-0.4, -0.2) is 5.91 Å². The Bertz CT molecular complexity index is 368. The first kappa shape index (κ1) is 8.21. The SMILES string of the molecule is N#Cc1cc(F)ccc1C(N)=O. The number of carbonyl (C=O) groups excluding carboxylic acids is 1. The molecule has 4 heteroatoms. The third kappa shape index (κ3) is 1.40. The topological polar surface area (TPSA) is 66.9 Å². The molecule has 0 unspecified atom stereocenters. The lowest BCUT2D eigenvalue weighted by molar-refractivity contribution is 0.1000. The Morgan fingerprint density at radius 3 is 2.75 bits per heavy atom. The van der Waals surface area contributed by atoms with Crippen molar-refractivity contribution in [3.63, 3.8) is 0 Å². The molecule has 60 valence electrons. The van der Waals surface area contributed by atoms with Crippen molar-refractivity contribution in [2.75, 3.05) is 0 Å². The van der Waals surface area contributed by atoms with Crippen LogP contribution in [-0.2, 0) is 0 Å². The van der Waals surface area contributed by atoms with E-state index in [1.807, 2.05) is 0 Å². The Morgan fingerprint density at radius 1 is 1.58 bits per heavy atom. The molecule has 3 nitrogen and oxygen atoms in total. The monoisotopic (exact) mass is 164 g/mol. The van der Waals surface area contributed by atoms with E-state index in [0.717, 1.165) is 12.1 Å². The number of nitrogens with two attached hydrogens (primary N) is 1. The average molecular weight is 164 g/mol. The van der Waals surface area contributed by atoms with Gasteiger partial charge in [0.2, 0.25) is 5.91 Å². The van der Waals surface area contributed by atoms with E-state index in [9.17, 15) is 9.18 Å². The van der Waals surface area contributed by atoms with Gasteiger partial charge in [-0.15, -0.1) is 0 Å². The molecule has 0 aliphatic heterocycles. The second kappa shape index (κ2) is 3.01. The van der Waals surface area contributed by atoms with Crippen LogP contribution in [0.4, 0.5) is 4.39 Å². The highest BCUT2D eigenvalue weighted by Crippen LogP contribution is 2.08. The minimum Gasteiger partial charge on any atom is -0.366 e. The van der Waals surface area contributed by atoms with Gasteiger partial charge in [-0.05, 0) is 18.2 Å². The summed E-state index contributed by atoms with van der Waals surface area (Å²) in [5.74, 6) is -1.29. The van der Waals surface area contributed by atoms with Gasteiger partial charge in [-0.1, -0.05) is 0 Å². The van der Waals surface area contributed by atoms with Crippen molar-refractivity contribution in [2.45, 2.75) is 0 Å². The Balaban J connectivity index is 3.32. The smallest absolute Gasteiger partial charge is 0.250 e. The molecule has 0 aliphatic carbocycles. The Morgan fingerprint density at radius 2 is 2.25 bits per heavy atom. The Hall–Kier alpha value is -1.89. The fourth-order valence-electron chi connectivity index (χ4n) is 0.824. The number of primary amides is 1. The summed E-state index contributed by atoms with van der Waals surface area (Å²) in [6, 6.07) is 4.92. The standard InChI is InChI=1S/C8H5FN2O/c9-6-1-2-7(8(11)12)5(3-6)4-10/h1-3H,(H2,11,12). The molecule has 0 aromatic heterocycles. The van der Waals surface area contributed by atoms with Crippen molar-refractivity contribution in [3.05, 3.63) is 35.1 Å². The summed E-state index contributed by atoms with van der Waals surface area (Å²) in [5, 5.41) is 8.47. The lowest BCUT2D eigenvalue weighted by atomic mass is 10.1. The number of benzene rings is 1. The summed E-state index contributed by atoms with van der Waals surface area (Å²) in [7, 11) is 0. The van der Waals surface area contributed by atoms with Crippen molar-refractivity contribution in [1.82, 2.24) is 0 Å². The number of amides is 1. The van der Waals surface area contributed by atoms with Crippen LogP contribution in [0.15, 0.2) is 18.2 Å². The van der Waals surface area contributed by atoms with Crippen LogP contribution in [0.3, 0.4) is 0 Å². The van der Waals surface area contributed by atoms with Crippen molar-refractivity contribution < 1.29 is 9.18 Å². The first-order valence-corrected chi connectivity index (χ1v) is 3.14. The molecule has 1 aromatic rings.